The van der Waals surface area contributed by atoms with Gasteiger partial charge in [-0.2, -0.15) is 0 Å². The van der Waals surface area contributed by atoms with Crippen molar-refractivity contribution in [3.8, 4) is 0 Å². The largest absolute Gasteiger partial charge is 0.481 e. The summed E-state index contributed by atoms with van der Waals surface area (Å²) in [6.45, 7) is 0.238. The van der Waals surface area contributed by atoms with Gasteiger partial charge in [-0.1, -0.05) is 28.8 Å². The Hall–Kier alpha value is -1.01. The van der Waals surface area contributed by atoms with Crippen molar-refractivity contribution < 1.29 is 14.7 Å². The zero-order valence-electron chi connectivity index (χ0n) is 11.6. The molecule has 0 atom stereocenters. The number of aliphatic carboxylic acids is 1. The minimum Gasteiger partial charge on any atom is -0.481 e. The van der Waals surface area contributed by atoms with Crippen molar-refractivity contribution in [2.24, 2.45) is 5.41 Å². The third-order valence-corrected chi connectivity index (χ3v) is 5.36. The van der Waals surface area contributed by atoms with E-state index in [-0.39, 0.29) is 12.5 Å². The summed E-state index contributed by atoms with van der Waals surface area (Å²) < 4.78 is 1.00. The van der Waals surface area contributed by atoms with Gasteiger partial charge in [-0.3, -0.25) is 9.59 Å². The molecule has 2 N–H and O–H groups in total. The number of carbonyl (C=O) groups excluding carboxylic acids is 1. The predicted molar refractivity (Wildman–Crippen MR) is 86.4 cm³/mol. The van der Waals surface area contributed by atoms with E-state index in [0.29, 0.717) is 18.6 Å². The predicted octanol–water partition coefficient (Wildman–Crippen LogP) is 3.30. The van der Waals surface area contributed by atoms with Crippen molar-refractivity contribution in [3.05, 3.63) is 28.7 Å². The fraction of sp³-hybridized carbons (Fsp3) is 0.467. The molecule has 0 unspecified atom stereocenters. The molecule has 1 aromatic rings. The first kappa shape index (κ1) is 16.4. The summed E-state index contributed by atoms with van der Waals surface area (Å²) in [5.74, 6) is -0.603. The smallest absolute Gasteiger partial charge is 0.311 e. The van der Waals surface area contributed by atoms with Crippen molar-refractivity contribution in [2.45, 2.75) is 30.6 Å². The lowest BCUT2D eigenvalue weighted by Crippen LogP contribution is -2.41. The Labute approximate surface area is 136 Å². The van der Waals surface area contributed by atoms with Gasteiger partial charge < -0.3 is 10.4 Å². The van der Waals surface area contributed by atoms with Crippen LogP contribution in [0.25, 0.3) is 0 Å². The number of carboxylic acids is 1. The average Bonchev–Trinajstić information content (AvgIpc) is 2.95. The van der Waals surface area contributed by atoms with Gasteiger partial charge in [0.15, 0.2) is 0 Å². The molecular formula is C15H18BrNO3S. The molecule has 1 aromatic carbocycles. The van der Waals surface area contributed by atoms with E-state index in [1.165, 1.54) is 11.8 Å². The molecule has 1 fully saturated rings. The van der Waals surface area contributed by atoms with E-state index in [0.717, 1.165) is 22.2 Å². The normalized spacial score (nSPS) is 16.6. The Morgan fingerprint density at radius 3 is 2.43 bits per heavy atom. The van der Waals surface area contributed by atoms with Crippen molar-refractivity contribution in [3.63, 3.8) is 0 Å². The highest BCUT2D eigenvalue weighted by Gasteiger charge is 2.41. The van der Waals surface area contributed by atoms with Crippen molar-refractivity contribution >= 4 is 39.6 Å². The van der Waals surface area contributed by atoms with Gasteiger partial charge in [0, 0.05) is 15.9 Å². The average molecular weight is 372 g/mol. The van der Waals surface area contributed by atoms with Gasteiger partial charge >= 0.3 is 5.97 Å². The van der Waals surface area contributed by atoms with E-state index >= 15 is 0 Å². The molecule has 2 rings (SSSR count). The summed E-state index contributed by atoms with van der Waals surface area (Å²) >= 11 is 4.81. The summed E-state index contributed by atoms with van der Waals surface area (Å²) in [5.41, 5.74) is -0.752. The molecule has 1 aliphatic rings. The van der Waals surface area contributed by atoms with Gasteiger partial charge in [0.1, 0.15) is 0 Å². The molecule has 1 aliphatic carbocycles. The molecular weight excluding hydrogens is 354 g/mol. The number of carbonyl (C=O) groups is 2. The number of rotatable bonds is 6. The van der Waals surface area contributed by atoms with Crippen LogP contribution in [0.3, 0.4) is 0 Å². The zero-order valence-corrected chi connectivity index (χ0v) is 14.0. The third-order valence-electron chi connectivity index (χ3n) is 3.82. The minimum atomic E-state index is -0.791. The Morgan fingerprint density at radius 1 is 1.24 bits per heavy atom. The number of amides is 1. The second-order valence-corrected chi connectivity index (χ2v) is 7.28. The van der Waals surface area contributed by atoms with Gasteiger partial charge in [0.2, 0.25) is 5.91 Å². The first-order valence-electron chi connectivity index (χ1n) is 6.90. The molecule has 0 bridgehead atoms. The highest BCUT2D eigenvalue weighted by Crippen LogP contribution is 2.37. The van der Waals surface area contributed by atoms with E-state index < -0.39 is 11.4 Å². The third kappa shape index (κ3) is 4.48. The van der Waals surface area contributed by atoms with Gasteiger partial charge in [-0.15, -0.1) is 11.8 Å². The van der Waals surface area contributed by atoms with Crippen LogP contribution in [-0.2, 0) is 9.59 Å². The van der Waals surface area contributed by atoms with Crippen LogP contribution < -0.4 is 5.32 Å². The van der Waals surface area contributed by atoms with Crippen molar-refractivity contribution in [1.82, 2.24) is 5.32 Å². The molecule has 0 radical (unpaired) electrons. The Kier molecular flexibility index (Phi) is 5.70. The topological polar surface area (TPSA) is 66.4 Å². The number of halogens is 1. The van der Waals surface area contributed by atoms with Crippen LogP contribution in [-0.4, -0.2) is 29.3 Å². The highest BCUT2D eigenvalue weighted by molar-refractivity contribution is 9.10. The second-order valence-electron chi connectivity index (χ2n) is 5.31. The lowest BCUT2D eigenvalue weighted by atomic mass is 9.86. The molecule has 21 heavy (non-hydrogen) atoms. The summed E-state index contributed by atoms with van der Waals surface area (Å²) in [6.07, 6.45) is 3.16. The van der Waals surface area contributed by atoms with Crippen LogP contribution in [0.4, 0.5) is 0 Å². The van der Waals surface area contributed by atoms with Crippen molar-refractivity contribution in [1.29, 1.82) is 0 Å². The summed E-state index contributed by atoms with van der Waals surface area (Å²) in [5, 5.41) is 12.1. The summed E-state index contributed by atoms with van der Waals surface area (Å²) in [4.78, 5) is 24.3. The molecule has 0 aromatic heterocycles. The molecule has 0 aliphatic heterocycles. The molecule has 4 nitrogen and oxygen atoms in total. The number of hydrogen-bond acceptors (Lipinski definition) is 3. The first-order chi connectivity index (χ1) is 10.0. The number of nitrogens with one attached hydrogen (secondary N) is 1. The fourth-order valence-electron chi connectivity index (χ4n) is 2.52. The van der Waals surface area contributed by atoms with Crippen LogP contribution in [0.15, 0.2) is 33.6 Å². The van der Waals surface area contributed by atoms with Crippen molar-refractivity contribution in [2.75, 3.05) is 12.3 Å². The minimum absolute atomic E-state index is 0.115. The second kappa shape index (κ2) is 7.31. The van der Waals surface area contributed by atoms with Gasteiger partial charge in [0.05, 0.1) is 11.2 Å². The van der Waals surface area contributed by atoms with E-state index in [9.17, 15) is 14.7 Å². The van der Waals surface area contributed by atoms with Gasteiger partial charge in [-0.05, 0) is 37.1 Å². The fourth-order valence-corrected chi connectivity index (χ4v) is 3.51. The first-order valence-corrected chi connectivity index (χ1v) is 8.68. The summed E-state index contributed by atoms with van der Waals surface area (Å²) in [6, 6.07) is 7.74. The van der Waals surface area contributed by atoms with Gasteiger partial charge in [0.25, 0.3) is 0 Å². The number of hydrogen-bond donors (Lipinski definition) is 2. The molecule has 114 valence electrons. The summed E-state index contributed by atoms with van der Waals surface area (Å²) in [7, 11) is 0. The lowest BCUT2D eigenvalue weighted by Gasteiger charge is -2.23. The maximum Gasteiger partial charge on any atom is 0.311 e. The van der Waals surface area contributed by atoms with E-state index in [2.05, 4.69) is 21.2 Å². The van der Waals surface area contributed by atoms with Crippen LogP contribution in [0, 0.1) is 5.41 Å². The number of thioether (sulfide) groups is 1. The monoisotopic (exact) mass is 371 g/mol. The molecule has 0 spiro atoms. The van der Waals surface area contributed by atoms with Crippen LogP contribution in [0.2, 0.25) is 0 Å². The Balaban J connectivity index is 1.79. The molecule has 1 amide bonds. The molecule has 0 heterocycles. The van der Waals surface area contributed by atoms with E-state index in [1.54, 1.807) is 0 Å². The molecule has 0 saturated heterocycles. The quantitative estimate of drug-likeness (QED) is 0.752. The SMILES string of the molecule is O=C(CSc1ccc(Br)cc1)NCC1(C(=O)O)CCCC1. The Bertz CT molecular complexity index is 512. The van der Waals surface area contributed by atoms with E-state index in [4.69, 9.17) is 0 Å². The van der Waals surface area contributed by atoms with Gasteiger partial charge in [-0.25, -0.2) is 0 Å². The number of benzene rings is 1. The lowest BCUT2D eigenvalue weighted by molar-refractivity contribution is -0.148. The van der Waals surface area contributed by atoms with Crippen LogP contribution in [0.5, 0.6) is 0 Å². The zero-order chi connectivity index (χ0) is 15.3. The molecule has 6 heteroatoms. The van der Waals surface area contributed by atoms with Crippen LogP contribution in [0.1, 0.15) is 25.7 Å². The highest BCUT2D eigenvalue weighted by atomic mass is 79.9. The standard InChI is InChI=1S/C15H18BrNO3S/c16-11-3-5-12(6-4-11)21-9-13(18)17-10-15(14(19)20)7-1-2-8-15/h3-6H,1-2,7-10H2,(H,17,18)(H,19,20). The van der Waals surface area contributed by atoms with E-state index in [1.807, 2.05) is 24.3 Å². The maximum atomic E-state index is 11.9. The Morgan fingerprint density at radius 2 is 1.86 bits per heavy atom. The molecule has 1 saturated carbocycles. The number of carboxylic acid groups (broad SMARTS) is 1. The van der Waals surface area contributed by atoms with Crippen LogP contribution >= 0.6 is 27.7 Å². The maximum absolute atomic E-state index is 11.9.